The van der Waals surface area contributed by atoms with E-state index < -0.39 is 0 Å². The van der Waals surface area contributed by atoms with Gasteiger partial charge in [0, 0.05) is 24.4 Å². The Hall–Kier alpha value is -2.89. The van der Waals surface area contributed by atoms with E-state index in [0.29, 0.717) is 11.5 Å². The molecule has 6 nitrogen and oxygen atoms in total. The second kappa shape index (κ2) is 5.14. The average molecular weight is 293 g/mol. The average Bonchev–Trinajstić information content (AvgIpc) is 3.02. The van der Waals surface area contributed by atoms with Crippen LogP contribution in [-0.2, 0) is 0 Å². The minimum atomic E-state index is -0.0864. The molecule has 4 rings (SSSR count). The Morgan fingerprint density at radius 2 is 2.14 bits per heavy atom. The Labute approximate surface area is 127 Å². The molecule has 1 amide bonds. The van der Waals surface area contributed by atoms with Gasteiger partial charge >= 0.3 is 0 Å². The third kappa shape index (κ3) is 2.39. The van der Waals surface area contributed by atoms with Crippen molar-refractivity contribution in [1.82, 2.24) is 25.3 Å². The summed E-state index contributed by atoms with van der Waals surface area (Å²) in [6.07, 6.45) is 7.98. The normalized spacial score (nSPS) is 19.8. The van der Waals surface area contributed by atoms with Crippen molar-refractivity contribution in [3.05, 3.63) is 66.2 Å². The fourth-order valence-electron chi connectivity index (χ4n) is 2.60. The molecule has 0 spiro atoms. The van der Waals surface area contributed by atoms with E-state index in [1.807, 2.05) is 47.4 Å². The van der Waals surface area contributed by atoms with Crippen LogP contribution in [0.5, 0.6) is 0 Å². The van der Waals surface area contributed by atoms with Crippen molar-refractivity contribution in [2.45, 2.75) is 18.4 Å². The SMILES string of the molecule is O=C(N[C@@H]1C[C@H]1c1cnn(-c2ccccc2)c1)c1cn[nH]c1. The summed E-state index contributed by atoms with van der Waals surface area (Å²) in [5, 5.41) is 13.8. The largest absolute Gasteiger partial charge is 0.349 e. The molecule has 2 heterocycles. The zero-order chi connectivity index (χ0) is 14.9. The summed E-state index contributed by atoms with van der Waals surface area (Å²) < 4.78 is 1.86. The fraction of sp³-hybridized carbons (Fsp3) is 0.188. The van der Waals surface area contributed by atoms with Gasteiger partial charge in [-0.05, 0) is 24.1 Å². The molecule has 110 valence electrons. The standard InChI is InChI=1S/C16H15N5O/c22-16(11-7-17-18-8-11)20-15-6-14(15)12-9-19-21(10-12)13-4-2-1-3-5-13/h1-5,7-10,14-15H,6H2,(H,17,18)(H,20,22)/t14-,15+/m0/s1. The van der Waals surface area contributed by atoms with Crippen molar-refractivity contribution >= 4 is 5.91 Å². The molecule has 0 bridgehead atoms. The molecule has 2 N–H and O–H groups in total. The topological polar surface area (TPSA) is 75.6 Å². The van der Waals surface area contributed by atoms with Gasteiger partial charge in [-0.15, -0.1) is 0 Å². The number of carbonyl (C=O) groups excluding carboxylic acids is 1. The number of nitrogens with zero attached hydrogens (tertiary/aromatic N) is 3. The predicted molar refractivity (Wildman–Crippen MR) is 80.8 cm³/mol. The number of carbonyl (C=O) groups is 1. The van der Waals surface area contributed by atoms with Gasteiger partial charge in [0.25, 0.3) is 5.91 Å². The molecule has 1 saturated carbocycles. The first-order valence-corrected chi connectivity index (χ1v) is 7.21. The number of hydrogen-bond donors (Lipinski definition) is 2. The van der Waals surface area contributed by atoms with Gasteiger partial charge in [0.1, 0.15) is 0 Å². The van der Waals surface area contributed by atoms with Crippen molar-refractivity contribution in [1.29, 1.82) is 0 Å². The molecular weight excluding hydrogens is 278 g/mol. The predicted octanol–water partition coefficient (Wildman–Crippen LogP) is 1.88. The van der Waals surface area contributed by atoms with Crippen LogP contribution in [0.1, 0.15) is 28.3 Å². The Balaban J connectivity index is 1.43. The molecule has 2 atom stereocenters. The van der Waals surface area contributed by atoms with Crippen LogP contribution in [0.4, 0.5) is 0 Å². The lowest BCUT2D eigenvalue weighted by molar-refractivity contribution is 0.0950. The summed E-state index contributed by atoms with van der Waals surface area (Å²) in [7, 11) is 0. The first-order chi connectivity index (χ1) is 10.8. The van der Waals surface area contributed by atoms with Crippen LogP contribution < -0.4 is 5.32 Å². The highest BCUT2D eigenvalue weighted by atomic mass is 16.1. The lowest BCUT2D eigenvalue weighted by Gasteiger charge is -2.01. The van der Waals surface area contributed by atoms with Crippen LogP contribution in [0.15, 0.2) is 55.1 Å². The van der Waals surface area contributed by atoms with Crippen LogP contribution in [0.25, 0.3) is 5.69 Å². The van der Waals surface area contributed by atoms with Gasteiger partial charge in [0.15, 0.2) is 0 Å². The number of nitrogens with one attached hydrogen (secondary N) is 2. The summed E-state index contributed by atoms with van der Waals surface area (Å²) in [4.78, 5) is 12.0. The van der Waals surface area contributed by atoms with Gasteiger partial charge in [-0.3, -0.25) is 9.89 Å². The van der Waals surface area contributed by atoms with Gasteiger partial charge in [-0.2, -0.15) is 10.2 Å². The van der Waals surface area contributed by atoms with Gasteiger partial charge in [0.05, 0.1) is 23.6 Å². The molecule has 2 aromatic heterocycles. The maximum absolute atomic E-state index is 12.0. The molecular formula is C16H15N5O. The van der Waals surface area contributed by atoms with Crippen LogP contribution in [0.2, 0.25) is 0 Å². The van der Waals surface area contributed by atoms with Crippen LogP contribution >= 0.6 is 0 Å². The van der Waals surface area contributed by atoms with Gasteiger partial charge in [-0.1, -0.05) is 18.2 Å². The lowest BCUT2D eigenvalue weighted by Crippen LogP contribution is -2.26. The van der Waals surface area contributed by atoms with Gasteiger partial charge < -0.3 is 5.32 Å². The molecule has 0 radical (unpaired) electrons. The molecule has 1 fully saturated rings. The number of H-pyrrole nitrogens is 1. The molecule has 1 aromatic carbocycles. The molecule has 6 heteroatoms. The third-order valence-electron chi connectivity index (χ3n) is 3.92. The van der Waals surface area contributed by atoms with E-state index >= 15 is 0 Å². The van der Waals surface area contributed by atoms with E-state index in [1.54, 1.807) is 6.20 Å². The van der Waals surface area contributed by atoms with Crippen molar-refractivity contribution in [2.24, 2.45) is 0 Å². The minimum absolute atomic E-state index is 0.0864. The molecule has 22 heavy (non-hydrogen) atoms. The highest BCUT2D eigenvalue weighted by Gasteiger charge is 2.40. The third-order valence-corrected chi connectivity index (χ3v) is 3.92. The number of rotatable bonds is 4. The highest BCUT2D eigenvalue weighted by Crippen LogP contribution is 2.40. The Kier molecular flexibility index (Phi) is 3.00. The Morgan fingerprint density at radius 1 is 1.27 bits per heavy atom. The first kappa shape index (κ1) is 12.8. The number of aromatic amines is 1. The molecule has 0 aliphatic heterocycles. The summed E-state index contributed by atoms with van der Waals surface area (Å²) >= 11 is 0. The van der Waals surface area contributed by atoms with Crippen molar-refractivity contribution < 1.29 is 4.79 Å². The van der Waals surface area contributed by atoms with E-state index in [0.717, 1.165) is 17.7 Å². The van der Waals surface area contributed by atoms with E-state index in [4.69, 9.17) is 0 Å². The lowest BCUT2D eigenvalue weighted by atomic mass is 10.2. The summed E-state index contributed by atoms with van der Waals surface area (Å²) in [5.41, 5.74) is 2.75. The monoisotopic (exact) mass is 293 g/mol. The van der Waals surface area contributed by atoms with E-state index in [-0.39, 0.29) is 11.9 Å². The van der Waals surface area contributed by atoms with Crippen molar-refractivity contribution in [3.8, 4) is 5.69 Å². The quantitative estimate of drug-likeness (QED) is 0.771. The molecule has 0 unspecified atom stereocenters. The number of benzene rings is 1. The van der Waals surface area contributed by atoms with Crippen LogP contribution in [0, 0.1) is 0 Å². The van der Waals surface area contributed by atoms with E-state index in [1.165, 1.54) is 6.20 Å². The Bertz CT molecular complexity index is 778. The highest BCUT2D eigenvalue weighted by molar-refractivity contribution is 5.94. The summed E-state index contributed by atoms with van der Waals surface area (Å²) in [6, 6.07) is 10.2. The number of para-hydroxylation sites is 1. The Morgan fingerprint density at radius 3 is 2.91 bits per heavy atom. The number of amides is 1. The van der Waals surface area contributed by atoms with Gasteiger partial charge in [0.2, 0.25) is 0 Å². The molecule has 1 aliphatic rings. The summed E-state index contributed by atoms with van der Waals surface area (Å²) in [5.74, 6) is 0.255. The molecule has 0 saturated heterocycles. The van der Waals surface area contributed by atoms with E-state index in [2.05, 4.69) is 20.6 Å². The number of aromatic nitrogens is 4. The van der Waals surface area contributed by atoms with Gasteiger partial charge in [-0.25, -0.2) is 4.68 Å². The maximum Gasteiger partial charge on any atom is 0.254 e. The zero-order valence-corrected chi connectivity index (χ0v) is 11.8. The van der Waals surface area contributed by atoms with Crippen LogP contribution in [-0.4, -0.2) is 31.9 Å². The summed E-state index contributed by atoms with van der Waals surface area (Å²) in [6.45, 7) is 0. The fourth-order valence-corrected chi connectivity index (χ4v) is 2.60. The molecule has 3 aromatic rings. The second-order valence-corrected chi connectivity index (χ2v) is 5.46. The van der Waals surface area contributed by atoms with Crippen molar-refractivity contribution in [2.75, 3.05) is 0 Å². The number of hydrogen-bond acceptors (Lipinski definition) is 3. The second-order valence-electron chi connectivity index (χ2n) is 5.46. The van der Waals surface area contributed by atoms with Crippen LogP contribution in [0.3, 0.4) is 0 Å². The maximum atomic E-state index is 12.0. The zero-order valence-electron chi connectivity index (χ0n) is 11.8. The molecule has 1 aliphatic carbocycles. The minimum Gasteiger partial charge on any atom is -0.349 e. The van der Waals surface area contributed by atoms with Crippen molar-refractivity contribution in [3.63, 3.8) is 0 Å². The van der Waals surface area contributed by atoms with E-state index in [9.17, 15) is 4.79 Å². The smallest absolute Gasteiger partial charge is 0.254 e. The first-order valence-electron chi connectivity index (χ1n) is 7.21.